The van der Waals surface area contributed by atoms with Crippen LogP contribution in [0.3, 0.4) is 0 Å². The minimum absolute atomic E-state index is 0.173. The maximum absolute atomic E-state index is 11.0. The number of carbonyl (C=O) groups is 1. The number of ether oxygens (including phenoxy) is 1. The molecular weight excluding hydrogens is 226 g/mol. The van der Waals surface area contributed by atoms with Gasteiger partial charge in [0, 0.05) is 29.1 Å². The minimum Gasteiger partial charge on any atom is -0.478 e. The molecule has 2 rings (SSSR count). The van der Waals surface area contributed by atoms with Crippen LogP contribution in [0.5, 0.6) is 0 Å². The number of hydrogen-bond donors (Lipinski definition) is 1. The summed E-state index contributed by atoms with van der Waals surface area (Å²) < 4.78 is 5.45. The zero-order valence-electron chi connectivity index (χ0n) is 8.92. The molecule has 1 fully saturated rings. The van der Waals surface area contributed by atoms with Gasteiger partial charge in [-0.2, -0.15) is 0 Å². The molecule has 0 saturated carbocycles. The van der Waals surface area contributed by atoms with Crippen LogP contribution >= 0.6 is 11.8 Å². The number of thioether (sulfide) groups is 1. The number of aromatic carboxylic acids is 1. The second-order valence-electron chi connectivity index (χ2n) is 3.70. The van der Waals surface area contributed by atoms with Crippen molar-refractivity contribution in [2.24, 2.45) is 0 Å². The number of carboxylic acid groups (broad SMARTS) is 1. The Morgan fingerprint density at radius 3 is 3.12 bits per heavy atom. The lowest BCUT2D eigenvalue weighted by atomic mass is 10.2. The maximum Gasteiger partial charge on any atom is 0.336 e. The van der Waals surface area contributed by atoms with Crippen molar-refractivity contribution in [3.05, 3.63) is 24.0 Å². The van der Waals surface area contributed by atoms with Gasteiger partial charge in [-0.15, -0.1) is 11.8 Å². The Bertz CT molecular complexity index is 397. The van der Waals surface area contributed by atoms with E-state index in [0.717, 1.165) is 17.9 Å². The van der Waals surface area contributed by atoms with E-state index in [2.05, 4.69) is 4.98 Å². The Balaban J connectivity index is 2.17. The average Bonchev–Trinajstić information content (AvgIpc) is 2.65. The fourth-order valence-electron chi connectivity index (χ4n) is 1.68. The van der Waals surface area contributed by atoms with Crippen LogP contribution in [0, 0.1) is 0 Å². The maximum atomic E-state index is 11.0. The SMILES string of the molecule is CC1OCCC1Sc1cnccc1C(=O)O. The van der Waals surface area contributed by atoms with E-state index in [1.54, 1.807) is 18.0 Å². The second kappa shape index (κ2) is 4.84. The van der Waals surface area contributed by atoms with E-state index in [0.29, 0.717) is 10.8 Å². The first kappa shape index (κ1) is 11.4. The summed E-state index contributed by atoms with van der Waals surface area (Å²) in [7, 11) is 0. The van der Waals surface area contributed by atoms with Gasteiger partial charge in [0.25, 0.3) is 0 Å². The van der Waals surface area contributed by atoms with Crippen molar-refractivity contribution in [3.63, 3.8) is 0 Å². The highest BCUT2D eigenvalue weighted by molar-refractivity contribution is 8.00. The molecule has 1 saturated heterocycles. The molecule has 16 heavy (non-hydrogen) atoms. The van der Waals surface area contributed by atoms with E-state index < -0.39 is 5.97 Å². The molecule has 0 spiro atoms. The summed E-state index contributed by atoms with van der Waals surface area (Å²) in [4.78, 5) is 15.7. The van der Waals surface area contributed by atoms with Gasteiger partial charge in [0.15, 0.2) is 0 Å². The summed E-state index contributed by atoms with van der Waals surface area (Å²) in [5.41, 5.74) is 0.319. The topological polar surface area (TPSA) is 59.4 Å². The predicted molar refractivity (Wildman–Crippen MR) is 60.9 cm³/mol. The second-order valence-corrected chi connectivity index (χ2v) is 4.98. The lowest BCUT2D eigenvalue weighted by molar-refractivity contribution is 0.0693. The number of aromatic nitrogens is 1. The molecule has 1 N–H and O–H groups in total. The highest BCUT2D eigenvalue weighted by atomic mass is 32.2. The molecule has 0 amide bonds. The zero-order valence-corrected chi connectivity index (χ0v) is 9.74. The van der Waals surface area contributed by atoms with Gasteiger partial charge in [0.2, 0.25) is 0 Å². The van der Waals surface area contributed by atoms with E-state index in [-0.39, 0.29) is 6.10 Å². The lowest BCUT2D eigenvalue weighted by Crippen LogP contribution is -2.14. The molecular formula is C11H13NO3S. The van der Waals surface area contributed by atoms with Gasteiger partial charge in [0.05, 0.1) is 11.7 Å². The van der Waals surface area contributed by atoms with Gasteiger partial charge in [-0.3, -0.25) is 4.98 Å². The first-order valence-electron chi connectivity index (χ1n) is 5.14. The van der Waals surface area contributed by atoms with Crippen LogP contribution in [0.25, 0.3) is 0 Å². The Morgan fingerprint density at radius 1 is 1.69 bits per heavy atom. The molecule has 2 heterocycles. The van der Waals surface area contributed by atoms with Crippen LogP contribution < -0.4 is 0 Å². The third-order valence-corrected chi connectivity index (χ3v) is 4.10. The van der Waals surface area contributed by atoms with E-state index in [4.69, 9.17) is 9.84 Å². The number of hydrogen-bond acceptors (Lipinski definition) is 4. The van der Waals surface area contributed by atoms with Gasteiger partial charge in [-0.05, 0) is 19.4 Å². The monoisotopic (exact) mass is 239 g/mol. The summed E-state index contributed by atoms with van der Waals surface area (Å²) in [6, 6.07) is 1.53. The Hall–Kier alpha value is -1.07. The van der Waals surface area contributed by atoms with Crippen LogP contribution in [0.15, 0.2) is 23.4 Å². The molecule has 86 valence electrons. The molecule has 0 aromatic carbocycles. The van der Waals surface area contributed by atoms with Crippen LogP contribution in [0.1, 0.15) is 23.7 Å². The summed E-state index contributed by atoms with van der Waals surface area (Å²) >= 11 is 1.55. The highest BCUT2D eigenvalue weighted by Gasteiger charge is 2.26. The van der Waals surface area contributed by atoms with Crippen molar-refractivity contribution in [2.45, 2.75) is 29.6 Å². The van der Waals surface area contributed by atoms with Gasteiger partial charge >= 0.3 is 5.97 Å². The first-order valence-corrected chi connectivity index (χ1v) is 6.02. The zero-order chi connectivity index (χ0) is 11.5. The first-order chi connectivity index (χ1) is 7.68. The molecule has 0 radical (unpaired) electrons. The molecule has 1 aromatic rings. The molecule has 1 aliphatic rings. The Kier molecular flexibility index (Phi) is 3.46. The van der Waals surface area contributed by atoms with Crippen LogP contribution in [0.2, 0.25) is 0 Å². The highest BCUT2D eigenvalue weighted by Crippen LogP contribution is 2.33. The molecule has 1 aliphatic heterocycles. The van der Waals surface area contributed by atoms with E-state index in [1.165, 1.54) is 12.3 Å². The largest absolute Gasteiger partial charge is 0.478 e. The van der Waals surface area contributed by atoms with Crippen LogP contribution in [-0.2, 0) is 4.74 Å². The number of pyridine rings is 1. The van der Waals surface area contributed by atoms with Crippen molar-refractivity contribution in [2.75, 3.05) is 6.61 Å². The van der Waals surface area contributed by atoms with Crippen molar-refractivity contribution >= 4 is 17.7 Å². The quantitative estimate of drug-likeness (QED) is 0.874. The van der Waals surface area contributed by atoms with Crippen LogP contribution in [-0.4, -0.2) is 34.0 Å². The van der Waals surface area contributed by atoms with Crippen molar-refractivity contribution in [1.29, 1.82) is 0 Å². The van der Waals surface area contributed by atoms with Crippen molar-refractivity contribution < 1.29 is 14.6 Å². The molecule has 4 nitrogen and oxygen atoms in total. The third kappa shape index (κ3) is 2.36. The van der Waals surface area contributed by atoms with Crippen molar-refractivity contribution in [1.82, 2.24) is 4.98 Å². The van der Waals surface area contributed by atoms with E-state index >= 15 is 0 Å². The lowest BCUT2D eigenvalue weighted by Gasteiger charge is -2.14. The van der Waals surface area contributed by atoms with E-state index in [9.17, 15) is 4.79 Å². The van der Waals surface area contributed by atoms with E-state index in [1.807, 2.05) is 6.92 Å². The Morgan fingerprint density at radius 2 is 2.50 bits per heavy atom. The normalized spacial score (nSPS) is 24.6. The summed E-state index contributed by atoms with van der Waals surface area (Å²) in [6.07, 6.45) is 4.24. The molecule has 2 atom stereocenters. The minimum atomic E-state index is -0.906. The standard InChI is InChI=1S/C11H13NO3S/c1-7-9(3-5-15-7)16-10-6-12-4-2-8(10)11(13)14/h2,4,6-7,9H,3,5H2,1H3,(H,13,14). The number of nitrogens with zero attached hydrogens (tertiary/aromatic N) is 1. The fraction of sp³-hybridized carbons (Fsp3) is 0.455. The molecule has 1 aromatic heterocycles. The van der Waals surface area contributed by atoms with Crippen LogP contribution in [0.4, 0.5) is 0 Å². The molecule has 2 unspecified atom stereocenters. The predicted octanol–water partition coefficient (Wildman–Crippen LogP) is 2.05. The van der Waals surface area contributed by atoms with Gasteiger partial charge in [-0.1, -0.05) is 0 Å². The van der Waals surface area contributed by atoms with Gasteiger partial charge < -0.3 is 9.84 Å². The molecule has 5 heteroatoms. The Labute approximate surface area is 98.0 Å². The van der Waals surface area contributed by atoms with Gasteiger partial charge in [0.1, 0.15) is 0 Å². The van der Waals surface area contributed by atoms with Crippen molar-refractivity contribution in [3.8, 4) is 0 Å². The number of carboxylic acids is 1. The smallest absolute Gasteiger partial charge is 0.336 e. The third-order valence-electron chi connectivity index (χ3n) is 2.60. The molecule has 0 aliphatic carbocycles. The number of rotatable bonds is 3. The van der Waals surface area contributed by atoms with Gasteiger partial charge in [-0.25, -0.2) is 4.79 Å². The summed E-state index contributed by atoms with van der Waals surface area (Å²) in [6.45, 7) is 2.77. The summed E-state index contributed by atoms with van der Waals surface area (Å²) in [5, 5.41) is 9.35. The average molecular weight is 239 g/mol. The summed E-state index contributed by atoms with van der Waals surface area (Å²) in [5.74, 6) is -0.906. The molecule has 0 bridgehead atoms. The fourth-order valence-corrected chi connectivity index (χ4v) is 2.90.